The molecule has 0 spiro atoms. The quantitative estimate of drug-likeness (QED) is 0.827. The molecule has 0 aliphatic carbocycles. The largest absolute Gasteiger partial charge is 0.508 e. The number of nitrogens with one attached hydrogen (secondary N) is 1. The molecule has 2 rings (SSSR count). The Bertz CT molecular complexity index is 587. The van der Waals surface area contributed by atoms with Gasteiger partial charge in [-0.05, 0) is 36.4 Å². The molecule has 0 radical (unpaired) electrons. The molecule has 0 aromatic heterocycles. The number of phenolic OH excluding ortho intramolecular Hbond substituents is 1. The van der Waals surface area contributed by atoms with Crippen molar-refractivity contribution in [3.8, 4) is 5.75 Å². The number of halogens is 1. The number of rotatable bonds is 5. The van der Waals surface area contributed by atoms with E-state index >= 15 is 0 Å². The van der Waals surface area contributed by atoms with Crippen LogP contribution in [0.15, 0.2) is 53.4 Å². The first-order valence-electron chi connectivity index (χ1n) is 6.11. The van der Waals surface area contributed by atoms with E-state index in [1.807, 2.05) is 0 Å². The lowest BCUT2D eigenvalue weighted by atomic mass is 10.3. The molecular weight excluding hydrogens is 277 g/mol. The molecule has 5 heteroatoms. The van der Waals surface area contributed by atoms with Crippen molar-refractivity contribution in [3.05, 3.63) is 54.3 Å². The van der Waals surface area contributed by atoms with Crippen molar-refractivity contribution in [2.45, 2.75) is 11.3 Å². The Morgan fingerprint density at radius 3 is 2.55 bits per heavy atom. The van der Waals surface area contributed by atoms with E-state index in [0.717, 1.165) is 4.90 Å². The Morgan fingerprint density at radius 1 is 1.15 bits per heavy atom. The van der Waals surface area contributed by atoms with Gasteiger partial charge in [-0.25, -0.2) is 4.39 Å². The van der Waals surface area contributed by atoms with Crippen LogP contribution in [0.3, 0.4) is 0 Å². The predicted octanol–water partition coefficient (Wildman–Crippen LogP) is 3.65. The minimum Gasteiger partial charge on any atom is -0.508 e. The van der Waals surface area contributed by atoms with Gasteiger partial charge in [0.25, 0.3) is 0 Å². The van der Waals surface area contributed by atoms with Crippen LogP contribution in [0.5, 0.6) is 5.75 Å². The number of anilines is 1. The van der Waals surface area contributed by atoms with Gasteiger partial charge in [0.05, 0.1) is 5.69 Å². The molecule has 2 N–H and O–H groups in total. The molecular formula is C15H14FNO2S. The summed E-state index contributed by atoms with van der Waals surface area (Å²) in [4.78, 5) is 12.7. The van der Waals surface area contributed by atoms with Gasteiger partial charge in [-0.15, -0.1) is 11.8 Å². The van der Waals surface area contributed by atoms with Gasteiger partial charge in [0, 0.05) is 17.1 Å². The number of thioether (sulfide) groups is 1. The van der Waals surface area contributed by atoms with E-state index in [1.165, 1.54) is 23.9 Å². The second-order valence-corrected chi connectivity index (χ2v) is 5.29. The first-order chi connectivity index (χ1) is 9.65. The normalized spacial score (nSPS) is 10.2. The SMILES string of the molecule is O=C(CCSc1ccc(O)cc1)Nc1ccccc1F. The molecule has 0 heterocycles. The standard InChI is InChI=1S/C15H14FNO2S/c16-13-3-1-2-4-14(13)17-15(19)9-10-20-12-7-5-11(18)6-8-12/h1-8,18H,9-10H2,(H,17,19). The van der Waals surface area contributed by atoms with E-state index in [9.17, 15) is 9.18 Å². The number of para-hydroxylation sites is 1. The molecule has 0 aliphatic rings. The van der Waals surface area contributed by atoms with Crippen molar-refractivity contribution < 1.29 is 14.3 Å². The van der Waals surface area contributed by atoms with Crippen LogP contribution in [-0.2, 0) is 4.79 Å². The smallest absolute Gasteiger partial charge is 0.225 e. The average Bonchev–Trinajstić information content (AvgIpc) is 2.44. The van der Waals surface area contributed by atoms with Gasteiger partial charge < -0.3 is 10.4 Å². The maximum atomic E-state index is 13.3. The summed E-state index contributed by atoms with van der Waals surface area (Å²) in [6.07, 6.45) is 0.292. The van der Waals surface area contributed by atoms with Crippen molar-refractivity contribution in [3.63, 3.8) is 0 Å². The summed E-state index contributed by atoms with van der Waals surface area (Å²) in [5, 5.41) is 11.7. The Morgan fingerprint density at radius 2 is 1.85 bits per heavy atom. The lowest BCUT2D eigenvalue weighted by molar-refractivity contribution is -0.115. The minimum absolute atomic E-state index is 0.201. The molecule has 2 aromatic carbocycles. The monoisotopic (exact) mass is 291 g/mol. The molecule has 0 saturated carbocycles. The Hall–Kier alpha value is -2.01. The Kier molecular flexibility index (Phi) is 5.01. The lowest BCUT2D eigenvalue weighted by Gasteiger charge is -2.06. The molecule has 0 bridgehead atoms. The van der Waals surface area contributed by atoms with E-state index in [0.29, 0.717) is 12.2 Å². The van der Waals surface area contributed by atoms with Crippen LogP contribution < -0.4 is 5.32 Å². The first kappa shape index (κ1) is 14.4. The Balaban J connectivity index is 1.78. The van der Waals surface area contributed by atoms with E-state index in [2.05, 4.69) is 5.32 Å². The fraction of sp³-hybridized carbons (Fsp3) is 0.133. The zero-order chi connectivity index (χ0) is 14.4. The highest BCUT2D eigenvalue weighted by molar-refractivity contribution is 7.99. The summed E-state index contributed by atoms with van der Waals surface area (Å²) in [7, 11) is 0. The molecule has 0 fully saturated rings. The summed E-state index contributed by atoms with van der Waals surface area (Å²) < 4.78 is 13.3. The van der Waals surface area contributed by atoms with E-state index in [-0.39, 0.29) is 17.3 Å². The van der Waals surface area contributed by atoms with Crippen molar-refractivity contribution in [2.75, 3.05) is 11.1 Å². The third-order valence-corrected chi connectivity index (χ3v) is 3.60. The zero-order valence-electron chi connectivity index (χ0n) is 10.7. The molecule has 0 atom stereocenters. The summed E-state index contributed by atoms with van der Waals surface area (Å²) in [6, 6.07) is 12.9. The third-order valence-electron chi connectivity index (χ3n) is 2.58. The van der Waals surface area contributed by atoms with E-state index in [1.54, 1.807) is 36.4 Å². The molecule has 0 saturated heterocycles. The van der Waals surface area contributed by atoms with Gasteiger partial charge >= 0.3 is 0 Å². The molecule has 104 valence electrons. The van der Waals surface area contributed by atoms with Crippen LogP contribution in [0.25, 0.3) is 0 Å². The molecule has 0 unspecified atom stereocenters. The van der Waals surface area contributed by atoms with E-state index in [4.69, 9.17) is 5.11 Å². The average molecular weight is 291 g/mol. The molecule has 2 aromatic rings. The van der Waals surface area contributed by atoms with Gasteiger partial charge in [0.15, 0.2) is 0 Å². The van der Waals surface area contributed by atoms with Gasteiger partial charge in [-0.1, -0.05) is 12.1 Å². The van der Waals surface area contributed by atoms with Gasteiger partial charge in [-0.2, -0.15) is 0 Å². The highest BCUT2D eigenvalue weighted by Gasteiger charge is 2.06. The number of amides is 1. The molecule has 3 nitrogen and oxygen atoms in total. The fourth-order valence-corrected chi connectivity index (χ4v) is 2.43. The van der Waals surface area contributed by atoms with Crippen LogP contribution in [0.4, 0.5) is 10.1 Å². The second kappa shape index (κ2) is 6.96. The fourth-order valence-electron chi connectivity index (χ4n) is 1.58. The second-order valence-electron chi connectivity index (χ2n) is 4.12. The summed E-state index contributed by atoms with van der Waals surface area (Å²) >= 11 is 1.51. The maximum absolute atomic E-state index is 13.3. The number of carbonyl (C=O) groups is 1. The zero-order valence-corrected chi connectivity index (χ0v) is 11.5. The number of carbonyl (C=O) groups excluding carboxylic acids is 1. The van der Waals surface area contributed by atoms with Crippen molar-refractivity contribution in [1.29, 1.82) is 0 Å². The number of hydrogen-bond donors (Lipinski definition) is 2. The van der Waals surface area contributed by atoms with Crippen molar-refractivity contribution in [2.24, 2.45) is 0 Å². The maximum Gasteiger partial charge on any atom is 0.225 e. The van der Waals surface area contributed by atoms with Crippen LogP contribution >= 0.6 is 11.8 Å². The number of aromatic hydroxyl groups is 1. The van der Waals surface area contributed by atoms with Crippen LogP contribution in [0.2, 0.25) is 0 Å². The van der Waals surface area contributed by atoms with Crippen LogP contribution in [-0.4, -0.2) is 16.8 Å². The van der Waals surface area contributed by atoms with Gasteiger partial charge in [0.1, 0.15) is 11.6 Å². The van der Waals surface area contributed by atoms with Gasteiger partial charge in [0.2, 0.25) is 5.91 Å². The van der Waals surface area contributed by atoms with Gasteiger partial charge in [-0.3, -0.25) is 4.79 Å². The number of phenols is 1. The number of hydrogen-bond acceptors (Lipinski definition) is 3. The third kappa shape index (κ3) is 4.28. The van der Waals surface area contributed by atoms with Crippen molar-refractivity contribution in [1.82, 2.24) is 0 Å². The number of benzene rings is 2. The summed E-state index contributed by atoms with van der Waals surface area (Å²) in [5.74, 6) is 0.144. The predicted molar refractivity (Wildman–Crippen MR) is 78.5 cm³/mol. The minimum atomic E-state index is -0.438. The molecule has 20 heavy (non-hydrogen) atoms. The highest BCUT2D eigenvalue weighted by atomic mass is 32.2. The summed E-state index contributed by atoms with van der Waals surface area (Å²) in [6.45, 7) is 0. The molecule has 0 aliphatic heterocycles. The van der Waals surface area contributed by atoms with Crippen LogP contribution in [0.1, 0.15) is 6.42 Å². The van der Waals surface area contributed by atoms with Crippen molar-refractivity contribution >= 4 is 23.4 Å². The highest BCUT2D eigenvalue weighted by Crippen LogP contribution is 2.21. The Labute approximate surface area is 120 Å². The lowest BCUT2D eigenvalue weighted by Crippen LogP contribution is -2.13. The molecule has 1 amide bonds. The topological polar surface area (TPSA) is 49.3 Å². The van der Waals surface area contributed by atoms with Crippen LogP contribution in [0, 0.1) is 5.82 Å². The first-order valence-corrected chi connectivity index (χ1v) is 7.10. The van der Waals surface area contributed by atoms with E-state index < -0.39 is 5.82 Å². The summed E-state index contributed by atoms with van der Waals surface area (Å²) in [5.41, 5.74) is 0.201.